The number of hydrogen-bond donors (Lipinski definition) is 1. The van der Waals surface area contributed by atoms with Gasteiger partial charge in [-0.15, -0.1) is 0 Å². The Morgan fingerprint density at radius 1 is 1.35 bits per heavy atom. The van der Waals surface area contributed by atoms with Crippen LogP contribution in [0.4, 0.5) is 0 Å². The van der Waals surface area contributed by atoms with Crippen LogP contribution in [0.3, 0.4) is 0 Å². The lowest BCUT2D eigenvalue weighted by atomic mass is 9.86. The number of carboxylic acid groups (broad SMARTS) is 1. The minimum absolute atomic E-state index is 0.327. The van der Waals surface area contributed by atoms with Gasteiger partial charge in [0.05, 0.1) is 12.1 Å². The molecule has 102 valence electrons. The maximum atomic E-state index is 11.1. The van der Waals surface area contributed by atoms with Crippen LogP contribution in [0.15, 0.2) is 18.6 Å². The van der Waals surface area contributed by atoms with Crippen LogP contribution >= 0.6 is 0 Å². The summed E-state index contributed by atoms with van der Waals surface area (Å²) in [6.07, 6.45) is 6.64. The minimum Gasteiger partial charge on any atom is -0.481 e. The van der Waals surface area contributed by atoms with E-state index in [4.69, 9.17) is 5.11 Å². The molecule has 20 heavy (non-hydrogen) atoms. The zero-order chi connectivity index (χ0) is 14.1. The van der Waals surface area contributed by atoms with Gasteiger partial charge in [0.15, 0.2) is 5.82 Å². The SMILES string of the molecule is Cc1nc(-c2cnccn2)nc2c1CC(C(=O)O)CC2. The zero-order valence-corrected chi connectivity index (χ0v) is 11.1. The number of aryl methyl sites for hydroxylation is 2. The Bertz CT molecular complexity index is 658. The molecule has 1 aliphatic carbocycles. The van der Waals surface area contributed by atoms with Gasteiger partial charge >= 0.3 is 5.97 Å². The van der Waals surface area contributed by atoms with Crippen molar-refractivity contribution in [1.82, 2.24) is 19.9 Å². The molecule has 2 aromatic heterocycles. The van der Waals surface area contributed by atoms with Crippen molar-refractivity contribution in [2.75, 3.05) is 0 Å². The maximum absolute atomic E-state index is 11.1. The topological polar surface area (TPSA) is 88.9 Å². The molecule has 3 rings (SSSR count). The summed E-state index contributed by atoms with van der Waals surface area (Å²) in [6.45, 7) is 1.89. The summed E-state index contributed by atoms with van der Waals surface area (Å²) in [4.78, 5) is 28.3. The number of hydrogen-bond acceptors (Lipinski definition) is 5. The Labute approximate surface area is 116 Å². The summed E-state index contributed by atoms with van der Waals surface area (Å²) in [5.41, 5.74) is 3.38. The third-order valence-electron chi connectivity index (χ3n) is 3.62. The molecule has 0 fully saturated rings. The third-order valence-corrected chi connectivity index (χ3v) is 3.62. The minimum atomic E-state index is -0.743. The van der Waals surface area contributed by atoms with Gasteiger partial charge in [0.2, 0.25) is 0 Å². The molecule has 1 atom stereocenters. The lowest BCUT2D eigenvalue weighted by Crippen LogP contribution is -2.24. The van der Waals surface area contributed by atoms with Crippen molar-refractivity contribution in [3.05, 3.63) is 35.5 Å². The van der Waals surface area contributed by atoms with E-state index in [1.807, 2.05) is 6.92 Å². The fourth-order valence-corrected chi connectivity index (χ4v) is 2.53. The average molecular weight is 270 g/mol. The molecule has 1 N–H and O–H groups in total. The Balaban J connectivity index is 2.00. The van der Waals surface area contributed by atoms with Crippen LogP contribution in [-0.4, -0.2) is 31.0 Å². The molecule has 1 unspecified atom stereocenters. The molecule has 1 aliphatic rings. The monoisotopic (exact) mass is 270 g/mol. The maximum Gasteiger partial charge on any atom is 0.306 e. The highest BCUT2D eigenvalue weighted by atomic mass is 16.4. The molecule has 0 saturated heterocycles. The summed E-state index contributed by atoms with van der Waals surface area (Å²) in [7, 11) is 0. The first kappa shape index (κ1) is 12.7. The van der Waals surface area contributed by atoms with Gasteiger partial charge in [0.25, 0.3) is 0 Å². The largest absolute Gasteiger partial charge is 0.481 e. The van der Waals surface area contributed by atoms with Crippen molar-refractivity contribution in [1.29, 1.82) is 0 Å². The highest BCUT2D eigenvalue weighted by molar-refractivity contribution is 5.71. The predicted octanol–water partition coefficient (Wildman–Crippen LogP) is 1.43. The summed E-state index contributed by atoms with van der Waals surface area (Å²) in [5.74, 6) is -0.511. The van der Waals surface area contributed by atoms with Gasteiger partial charge in [-0.25, -0.2) is 15.0 Å². The summed E-state index contributed by atoms with van der Waals surface area (Å²) < 4.78 is 0. The predicted molar refractivity (Wildman–Crippen MR) is 70.9 cm³/mol. The smallest absolute Gasteiger partial charge is 0.306 e. The Kier molecular flexibility index (Phi) is 3.14. The zero-order valence-electron chi connectivity index (χ0n) is 11.1. The quantitative estimate of drug-likeness (QED) is 0.888. The standard InChI is InChI=1S/C14H14N4O2/c1-8-10-6-9(14(19)20)2-3-11(10)18-13(17-8)12-7-15-4-5-16-12/h4-5,7,9H,2-3,6H2,1H3,(H,19,20). The van der Waals surface area contributed by atoms with E-state index in [1.165, 1.54) is 0 Å². The lowest BCUT2D eigenvalue weighted by Gasteiger charge is -2.22. The molecule has 0 aromatic carbocycles. The molecular weight excluding hydrogens is 256 g/mol. The number of rotatable bonds is 2. The van der Waals surface area contributed by atoms with Crippen molar-refractivity contribution in [3.8, 4) is 11.5 Å². The molecule has 2 heterocycles. The van der Waals surface area contributed by atoms with E-state index >= 15 is 0 Å². The highest BCUT2D eigenvalue weighted by Gasteiger charge is 2.27. The number of carbonyl (C=O) groups is 1. The summed E-state index contributed by atoms with van der Waals surface area (Å²) >= 11 is 0. The first-order chi connectivity index (χ1) is 9.65. The van der Waals surface area contributed by atoms with E-state index in [0.717, 1.165) is 17.0 Å². The van der Waals surface area contributed by atoms with Crippen molar-refractivity contribution in [2.24, 2.45) is 5.92 Å². The lowest BCUT2D eigenvalue weighted by molar-refractivity contribution is -0.142. The van der Waals surface area contributed by atoms with E-state index in [1.54, 1.807) is 18.6 Å². The molecule has 0 aliphatic heterocycles. The van der Waals surface area contributed by atoms with E-state index in [9.17, 15) is 4.79 Å². The normalized spacial score (nSPS) is 17.6. The number of nitrogens with zero attached hydrogens (tertiary/aromatic N) is 4. The van der Waals surface area contributed by atoms with Crippen LogP contribution in [0.1, 0.15) is 23.4 Å². The summed E-state index contributed by atoms with van der Waals surface area (Å²) in [5, 5.41) is 9.13. The molecule has 0 amide bonds. The van der Waals surface area contributed by atoms with E-state index in [2.05, 4.69) is 19.9 Å². The van der Waals surface area contributed by atoms with Gasteiger partial charge < -0.3 is 5.11 Å². The Morgan fingerprint density at radius 3 is 2.90 bits per heavy atom. The van der Waals surface area contributed by atoms with Crippen LogP contribution in [-0.2, 0) is 17.6 Å². The second-order valence-corrected chi connectivity index (χ2v) is 4.93. The number of aromatic nitrogens is 4. The van der Waals surface area contributed by atoms with Crippen LogP contribution in [0.25, 0.3) is 11.5 Å². The molecule has 6 nitrogen and oxygen atoms in total. The van der Waals surface area contributed by atoms with Crippen LogP contribution in [0.2, 0.25) is 0 Å². The first-order valence-electron chi connectivity index (χ1n) is 6.50. The average Bonchev–Trinajstić information content (AvgIpc) is 2.47. The molecule has 0 radical (unpaired) electrons. The Hall–Kier alpha value is -2.37. The molecular formula is C14H14N4O2. The number of fused-ring (bicyclic) bond motifs is 1. The number of carboxylic acids is 1. The third kappa shape index (κ3) is 2.24. The van der Waals surface area contributed by atoms with Gasteiger partial charge in [-0.2, -0.15) is 0 Å². The highest BCUT2D eigenvalue weighted by Crippen LogP contribution is 2.27. The second-order valence-electron chi connectivity index (χ2n) is 4.93. The fourth-order valence-electron chi connectivity index (χ4n) is 2.53. The first-order valence-corrected chi connectivity index (χ1v) is 6.50. The Morgan fingerprint density at radius 2 is 2.20 bits per heavy atom. The van der Waals surface area contributed by atoms with Crippen molar-refractivity contribution >= 4 is 5.97 Å². The van der Waals surface area contributed by atoms with Gasteiger partial charge in [0, 0.05) is 23.8 Å². The van der Waals surface area contributed by atoms with Gasteiger partial charge in [-0.05, 0) is 31.7 Å². The molecule has 0 bridgehead atoms. The van der Waals surface area contributed by atoms with E-state index in [0.29, 0.717) is 30.8 Å². The fraction of sp³-hybridized carbons (Fsp3) is 0.357. The van der Waals surface area contributed by atoms with E-state index < -0.39 is 5.97 Å². The summed E-state index contributed by atoms with van der Waals surface area (Å²) in [6, 6.07) is 0. The van der Waals surface area contributed by atoms with Crippen LogP contribution in [0.5, 0.6) is 0 Å². The second kappa shape index (κ2) is 4.96. The van der Waals surface area contributed by atoms with Gasteiger partial charge in [-0.3, -0.25) is 9.78 Å². The molecule has 0 spiro atoms. The van der Waals surface area contributed by atoms with E-state index in [-0.39, 0.29) is 5.92 Å². The van der Waals surface area contributed by atoms with Crippen molar-refractivity contribution < 1.29 is 9.90 Å². The van der Waals surface area contributed by atoms with Crippen molar-refractivity contribution in [3.63, 3.8) is 0 Å². The van der Waals surface area contributed by atoms with Gasteiger partial charge in [0.1, 0.15) is 5.69 Å². The molecule has 0 saturated carbocycles. The van der Waals surface area contributed by atoms with Crippen LogP contribution < -0.4 is 0 Å². The molecule has 2 aromatic rings. The number of aliphatic carboxylic acids is 1. The van der Waals surface area contributed by atoms with Gasteiger partial charge in [-0.1, -0.05) is 0 Å². The van der Waals surface area contributed by atoms with Crippen molar-refractivity contribution in [2.45, 2.75) is 26.2 Å². The molecule has 6 heteroatoms. The van der Waals surface area contributed by atoms with Crippen LogP contribution in [0, 0.1) is 12.8 Å².